The molecule has 24 heavy (non-hydrogen) atoms. The van der Waals surface area contributed by atoms with Crippen LogP contribution < -0.4 is 4.90 Å². The summed E-state index contributed by atoms with van der Waals surface area (Å²) in [5, 5.41) is 9.17. The van der Waals surface area contributed by atoms with Gasteiger partial charge in [-0.15, -0.1) is 21.5 Å². The van der Waals surface area contributed by atoms with E-state index < -0.39 is 6.17 Å². The molecule has 2 heterocycles. The lowest BCUT2D eigenvalue weighted by Gasteiger charge is -2.21. The fourth-order valence-corrected chi connectivity index (χ4v) is 3.24. The van der Waals surface area contributed by atoms with Gasteiger partial charge in [0.25, 0.3) is 11.8 Å². The Bertz CT molecular complexity index is 820. The Morgan fingerprint density at radius 1 is 1.38 bits per heavy atom. The van der Waals surface area contributed by atoms with E-state index >= 15 is 0 Å². The monoisotopic (exact) mass is 366 g/mol. The lowest BCUT2D eigenvalue weighted by atomic mass is 10.3. The van der Waals surface area contributed by atoms with Crippen molar-refractivity contribution >= 4 is 28.6 Å². The Morgan fingerprint density at radius 2 is 2.21 bits per heavy atom. The van der Waals surface area contributed by atoms with Crippen LogP contribution in [0.4, 0.5) is 10.1 Å². The number of hydrogen-bond acceptors (Lipinski definition) is 6. The van der Waals surface area contributed by atoms with Crippen LogP contribution in [0.3, 0.4) is 0 Å². The molecule has 0 saturated carbocycles. The number of aromatic nitrogens is 3. The predicted molar refractivity (Wildman–Crippen MR) is 93.1 cm³/mol. The SMILES string of the molecule is CCN(Cc1ncc(-c2nnc(C(C)F)o2)s1)c1cccc(Cl)c1. The molecule has 1 unspecified atom stereocenters. The second-order valence-corrected chi connectivity index (χ2v) is 6.73. The number of benzene rings is 1. The van der Waals surface area contributed by atoms with Crippen LogP contribution in [0.1, 0.15) is 30.9 Å². The Labute approximate surface area is 148 Å². The first-order valence-electron chi connectivity index (χ1n) is 7.50. The minimum absolute atomic E-state index is 0.0194. The number of rotatable bonds is 6. The molecule has 3 rings (SSSR count). The molecule has 0 aliphatic rings. The van der Waals surface area contributed by atoms with Crippen LogP contribution in [-0.2, 0) is 6.54 Å². The molecule has 5 nitrogen and oxygen atoms in total. The van der Waals surface area contributed by atoms with Gasteiger partial charge >= 0.3 is 0 Å². The van der Waals surface area contributed by atoms with Gasteiger partial charge in [0.2, 0.25) is 0 Å². The van der Waals surface area contributed by atoms with Gasteiger partial charge in [-0.05, 0) is 32.0 Å². The molecule has 0 bridgehead atoms. The van der Waals surface area contributed by atoms with E-state index in [0.717, 1.165) is 22.1 Å². The number of halogens is 2. The van der Waals surface area contributed by atoms with E-state index in [9.17, 15) is 4.39 Å². The van der Waals surface area contributed by atoms with Crippen molar-refractivity contribution < 1.29 is 8.81 Å². The van der Waals surface area contributed by atoms with E-state index in [1.807, 2.05) is 24.3 Å². The van der Waals surface area contributed by atoms with Crippen LogP contribution in [0.25, 0.3) is 10.8 Å². The molecule has 8 heteroatoms. The average Bonchev–Trinajstić information content (AvgIpc) is 3.21. The maximum Gasteiger partial charge on any atom is 0.259 e. The van der Waals surface area contributed by atoms with Gasteiger partial charge in [0, 0.05) is 17.3 Å². The van der Waals surface area contributed by atoms with Crippen LogP contribution in [-0.4, -0.2) is 21.7 Å². The van der Waals surface area contributed by atoms with Gasteiger partial charge in [0.05, 0.1) is 12.7 Å². The van der Waals surface area contributed by atoms with Crippen molar-refractivity contribution in [2.45, 2.75) is 26.6 Å². The number of anilines is 1. The molecule has 0 aliphatic carbocycles. The van der Waals surface area contributed by atoms with Crippen molar-refractivity contribution in [3.8, 4) is 10.8 Å². The highest BCUT2D eigenvalue weighted by Crippen LogP contribution is 2.29. The van der Waals surface area contributed by atoms with Gasteiger partial charge in [-0.1, -0.05) is 17.7 Å². The third kappa shape index (κ3) is 3.73. The summed E-state index contributed by atoms with van der Waals surface area (Å²) in [6.45, 7) is 4.89. The maximum atomic E-state index is 13.2. The van der Waals surface area contributed by atoms with Crippen LogP contribution in [0.15, 0.2) is 34.9 Å². The van der Waals surface area contributed by atoms with Crippen LogP contribution >= 0.6 is 22.9 Å². The number of alkyl halides is 1. The number of nitrogens with zero attached hydrogens (tertiary/aromatic N) is 4. The molecule has 1 aromatic carbocycles. The third-order valence-corrected chi connectivity index (χ3v) is 4.63. The van der Waals surface area contributed by atoms with Gasteiger partial charge in [-0.25, -0.2) is 9.37 Å². The molecule has 3 aromatic rings. The van der Waals surface area contributed by atoms with Crippen molar-refractivity contribution in [1.82, 2.24) is 15.2 Å². The summed E-state index contributed by atoms with van der Waals surface area (Å²) in [6, 6.07) is 7.70. The zero-order valence-corrected chi connectivity index (χ0v) is 14.8. The minimum Gasteiger partial charge on any atom is -0.417 e. The normalized spacial score (nSPS) is 12.3. The fourth-order valence-electron chi connectivity index (χ4n) is 2.20. The van der Waals surface area contributed by atoms with Crippen molar-refractivity contribution in [2.75, 3.05) is 11.4 Å². The van der Waals surface area contributed by atoms with Crippen molar-refractivity contribution in [2.24, 2.45) is 0 Å². The molecule has 1 atom stereocenters. The van der Waals surface area contributed by atoms with Crippen molar-refractivity contribution in [3.63, 3.8) is 0 Å². The molecular formula is C16H16ClFN4OS. The highest BCUT2D eigenvalue weighted by atomic mass is 35.5. The Balaban J connectivity index is 1.77. The molecule has 0 aliphatic heterocycles. The summed E-state index contributed by atoms with van der Waals surface area (Å²) < 4.78 is 18.5. The summed E-state index contributed by atoms with van der Waals surface area (Å²) in [7, 11) is 0. The molecule has 0 fully saturated rings. The quantitative estimate of drug-likeness (QED) is 0.620. The highest BCUT2D eigenvalue weighted by Gasteiger charge is 2.17. The standard InChI is InChI=1S/C16H16ClFN4OS/c1-3-22(12-6-4-5-11(17)7-12)9-14-19-8-13(24-14)16-21-20-15(23-16)10(2)18/h4-8,10H,3,9H2,1-2H3. The molecule has 0 spiro atoms. The van der Waals surface area contributed by atoms with Crippen LogP contribution in [0, 0.1) is 0 Å². The first-order chi connectivity index (χ1) is 11.6. The molecule has 0 N–H and O–H groups in total. The Hall–Kier alpha value is -1.99. The highest BCUT2D eigenvalue weighted by molar-refractivity contribution is 7.15. The number of hydrogen-bond donors (Lipinski definition) is 0. The second-order valence-electron chi connectivity index (χ2n) is 5.17. The van der Waals surface area contributed by atoms with Gasteiger partial charge in [0.1, 0.15) is 9.88 Å². The van der Waals surface area contributed by atoms with E-state index in [1.54, 1.807) is 6.20 Å². The predicted octanol–water partition coefficient (Wildman–Crippen LogP) is 4.90. The summed E-state index contributed by atoms with van der Waals surface area (Å²) in [5.74, 6) is 0.276. The molecule has 0 amide bonds. The van der Waals surface area contributed by atoms with E-state index in [1.165, 1.54) is 18.3 Å². The van der Waals surface area contributed by atoms with Gasteiger partial charge in [-0.2, -0.15) is 0 Å². The van der Waals surface area contributed by atoms with Gasteiger partial charge < -0.3 is 9.32 Å². The largest absolute Gasteiger partial charge is 0.417 e. The summed E-state index contributed by atoms with van der Waals surface area (Å²) in [6.07, 6.45) is 0.392. The van der Waals surface area contributed by atoms with Crippen LogP contribution in [0.2, 0.25) is 5.02 Å². The first kappa shape index (κ1) is 16.9. The lowest BCUT2D eigenvalue weighted by molar-refractivity contribution is 0.301. The second kappa shape index (κ2) is 7.27. The topological polar surface area (TPSA) is 55.1 Å². The molecular weight excluding hydrogens is 351 g/mol. The van der Waals surface area contributed by atoms with Gasteiger partial charge in [0.15, 0.2) is 6.17 Å². The first-order valence-corrected chi connectivity index (χ1v) is 8.69. The van der Waals surface area contributed by atoms with Gasteiger partial charge in [-0.3, -0.25) is 0 Å². The molecule has 0 saturated heterocycles. The summed E-state index contributed by atoms with van der Waals surface area (Å²) >= 11 is 7.51. The summed E-state index contributed by atoms with van der Waals surface area (Å²) in [5.41, 5.74) is 1.04. The zero-order chi connectivity index (χ0) is 17.1. The fraction of sp³-hybridized carbons (Fsp3) is 0.312. The average molecular weight is 367 g/mol. The van der Waals surface area contributed by atoms with E-state index in [0.29, 0.717) is 17.5 Å². The van der Waals surface area contributed by atoms with E-state index in [2.05, 4.69) is 27.0 Å². The Morgan fingerprint density at radius 3 is 2.88 bits per heavy atom. The molecule has 126 valence electrons. The van der Waals surface area contributed by atoms with Crippen LogP contribution in [0.5, 0.6) is 0 Å². The smallest absolute Gasteiger partial charge is 0.259 e. The maximum absolute atomic E-state index is 13.2. The molecule has 2 aromatic heterocycles. The van der Waals surface area contributed by atoms with E-state index in [-0.39, 0.29) is 5.89 Å². The third-order valence-electron chi connectivity index (χ3n) is 3.43. The van der Waals surface area contributed by atoms with E-state index in [4.69, 9.17) is 16.0 Å². The molecule has 0 radical (unpaired) electrons. The van der Waals surface area contributed by atoms with Crippen molar-refractivity contribution in [1.29, 1.82) is 0 Å². The minimum atomic E-state index is -1.28. The Kier molecular flexibility index (Phi) is 5.11. The van der Waals surface area contributed by atoms with Crippen molar-refractivity contribution in [3.05, 3.63) is 46.4 Å². The number of thiazole rings is 1. The zero-order valence-electron chi connectivity index (χ0n) is 13.2. The lowest BCUT2D eigenvalue weighted by Crippen LogP contribution is -2.21. The summed E-state index contributed by atoms with van der Waals surface area (Å²) in [4.78, 5) is 7.30.